The lowest BCUT2D eigenvalue weighted by Gasteiger charge is -2.31. The van der Waals surface area contributed by atoms with E-state index in [0.717, 1.165) is 24.0 Å². The molecule has 16 heavy (non-hydrogen) atoms. The topological polar surface area (TPSA) is 32.3 Å². The van der Waals surface area contributed by atoms with Crippen LogP contribution in [0.4, 0.5) is 0 Å². The third-order valence-electron chi connectivity index (χ3n) is 3.27. The molecule has 0 saturated heterocycles. The van der Waals surface area contributed by atoms with Crippen LogP contribution in [-0.4, -0.2) is 17.8 Å². The predicted octanol–water partition coefficient (Wildman–Crippen LogP) is 3.40. The van der Waals surface area contributed by atoms with Crippen molar-refractivity contribution in [2.45, 2.75) is 39.8 Å². The highest BCUT2D eigenvalue weighted by atomic mass is 79.9. The Morgan fingerprint density at radius 1 is 1.62 bits per heavy atom. The van der Waals surface area contributed by atoms with E-state index in [1.54, 1.807) is 11.3 Å². The van der Waals surface area contributed by atoms with Crippen molar-refractivity contribution in [2.75, 3.05) is 6.54 Å². The first-order chi connectivity index (χ1) is 7.48. The van der Waals surface area contributed by atoms with Gasteiger partial charge in [0.25, 0.3) is 0 Å². The fourth-order valence-corrected chi connectivity index (χ4v) is 2.91. The van der Waals surface area contributed by atoms with Crippen LogP contribution >= 0.6 is 27.3 Å². The molecule has 0 aliphatic heterocycles. The Morgan fingerprint density at radius 3 is 2.75 bits per heavy atom. The average molecular weight is 306 g/mol. The van der Waals surface area contributed by atoms with Crippen molar-refractivity contribution < 1.29 is 5.11 Å². The zero-order valence-electron chi connectivity index (χ0n) is 10.1. The van der Waals surface area contributed by atoms with Gasteiger partial charge in [0.05, 0.1) is 6.10 Å². The summed E-state index contributed by atoms with van der Waals surface area (Å²) in [4.78, 5) is 1.32. The van der Waals surface area contributed by atoms with Gasteiger partial charge in [-0.05, 0) is 35.3 Å². The van der Waals surface area contributed by atoms with Gasteiger partial charge in [-0.15, -0.1) is 11.3 Å². The first-order valence-corrected chi connectivity index (χ1v) is 7.27. The van der Waals surface area contributed by atoms with Gasteiger partial charge in [0, 0.05) is 33.2 Å². The molecule has 4 heteroatoms. The van der Waals surface area contributed by atoms with E-state index in [4.69, 9.17) is 0 Å². The second kappa shape index (κ2) is 6.15. The summed E-state index contributed by atoms with van der Waals surface area (Å²) in [5, 5.41) is 15.2. The first-order valence-electron chi connectivity index (χ1n) is 5.59. The largest absolute Gasteiger partial charge is 0.393 e. The molecule has 2 atom stereocenters. The summed E-state index contributed by atoms with van der Waals surface area (Å²) in [5.41, 5.74) is -0.0332. The summed E-state index contributed by atoms with van der Waals surface area (Å²) in [6.45, 7) is 7.83. The van der Waals surface area contributed by atoms with Crippen LogP contribution in [0.1, 0.15) is 32.1 Å². The summed E-state index contributed by atoms with van der Waals surface area (Å²) in [6, 6.07) is 2.13. The Morgan fingerprint density at radius 2 is 2.31 bits per heavy atom. The zero-order chi connectivity index (χ0) is 12.2. The Bertz CT molecular complexity index is 327. The molecule has 0 amide bonds. The molecule has 2 N–H and O–H groups in total. The van der Waals surface area contributed by atoms with Gasteiger partial charge in [-0.2, -0.15) is 0 Å². The quantitative estimate of drug-likeness (QED) is 0.844. The van der Waals surface area contributed by atoms with Crippen LogP contribution < -0.4 is 5.32 Å². The van der Waals surface area contributed by atoms with Gasteiger partial charge >= 0.3 is 0 Å². The molecule has 1 aromatic heterocycles. The molecule has 2 unspecified atom stereocenters. The van der Waals surface area contributed by atoms with Crippen LogP contribution in [0.2, 0.25) is 0 Å². The Hall–Kier alpha value is 0.1000. The predicted molar refractivity (Wildman–Crippen MR) is 73.8 cm³/mol. The van der Waals surface area contributed by atoms with E-state index in [1.165, 1.54) is 4.88 Å². The average Bonchev–Trinajstić information content (AvgIpc) is 2.63. The minimum absolute atomic E-state index is 0.0332. The van der Waals surface area contributed by atoms with Crippen molar-refractivity contribution in [2.24, 2.45) is 5.41 Å². The number of rotatable bonds is 6. The van der Waals surface area contributed by atoms with Gasteiger partial charge in [-0.25, -0.2) is 0 Å². The molecule has 0 saturated carbocycles. The summed E-state index contributed by atoms with van der Waals surface area (Å²) in [7, 11) is 0. The Labute approximate surface area is 110 Å². The molecule has 1 rings (SSSR count). The smallest absolute Gasteiger partial charge is 0.0577 e. The molecular formula is C12H20BrNOS. The van der Waals surface area contributed by atoms with Gasteiger partial charge in [0.15, 0.2) is 0 Å². The van der Waals surface area contributed by atoms with E-state index in [2.05, 4.69) is 46.5 Å². The Balaban J connectivity index is 2.39. The van der Waals surface area contributed by atoms with Crippen LogP contribution in [-0.2, 0) is 6.54 Å². The first kappa shape index (κ1) is 14.2. The number of aliphatic hydroxyl groups excluding tert-OH is 1. The van der Waals surface area contributed by atoms with E-state index in [1.807, 2.05) is 6.92 Å². The van der Waals surface area contributed by atoms with Crippen LogP contribution in [0.5, 0.6) is 0 Å². The minimum Gasteiger partial charge on any atom is -0.393 e. The lowest BCUT2D eigenvalue weighted by molar-refractivity contribution is 0.0489. The second-order valence-electron chi connectivity index (χ2n) is 4.52. The molecule has 0 aromatic carbocycles. The molecule has 0 radical (unpaired) electrons. The molecule has 92 valence electrons. The molecule has 0 spiro atoms. The maximum Gasteiger partial charge on any atom is 0.0577 e. The van der Waals surface area contributed by atoms with Crippen molar-refractivity contribution in [1.29, 1.82) is 0 Å². The van der Waals surface area contributed by atoms with E-state index >= 15 is 0 Å². The van der Waals surface area contributed by atoms with Crippen LogP contribution in [0, 0.1) is 5.41 Å². The van der Waals surface area contributed by atoms with Gasteiger partial charge in [-0.3, -0.25) is 0 Å². The van der Waals surface area contributed by atoms with Gasteiger partial charge in [-0.1, -0.05) is 13.8 Å². The molecule has 0 aliphatic rings. The highest BCUT2D eigenvalue weighted by Gasteiger charge is 2.27. The summed E-state index contributed by atoms with van der Waals surface area (Å²) in [6.07, 6.45) is 0.700. The van der Waals surface area contributed by atoms with E-state index in [-0.39, 0.29) is 11.5 Å². The van der Waals surface area contributed by atoms with Crippen molar-refractivity contribution >= 4 is 27.3 Å². The number of halogens is 1. The second-order valence-corrected chi connectivity index (χ2v) is 6.43. The highest BCUT2D eigenvalue weighted by molar-refractivity contribution is 9.10. The minimum atomic E-state index is -0.278. The maximum absolute atomic E-state index is 9.73. The van der Waals surface area contributed by atoms with Crippen LogP contribution in [0.3, 0.4) is 0 Å². The van der Waals surface area contributed by atoms with Crippen molar-refractivity contribution in [3.05, 3.63) is 20.8 Å². The molecule has 1 aromatic rings. The summed E-state index contributed by atoms with van der Waals surface area (Å²) >= 11 is 5.19. The van der Waals surface area contributed by atoms with Gasteiger partial charge in [0.2, 0.25) is 0 Å². The van der Waals surface area contributed by atoms with Crippen LogP contribution in [0.25, 0.3) is 0 Å². The number of aliphatic hydroxyl groups is 1. The van der Waals surface area contributed by atoms with Gasteiger partial charge < -0.3 is 10.4 Å². The lowest BCUT2D eigenvalue weighted by Crippen LogP contribution is -2.39. The molecule has 2 nitrogen and oxygen atoms in total. The monoisotopic (exact) mass is 305 g/mol. The maximum atomic E-state index is 9.73. The van der Waals surface area contributed by atoms with E-state index in [0.29, 0.717) is 0 Å². The van der Waals surface area contributed by atoms with Gasteiger partial charge in [0.1, 0.15) is 0 Å². The van der Waals surface area contributed by atoms with Crippen molar-refractivity contribution in [3.8, 4) is 0 Å². The fraction of sp³-hybridized carbons (Fsp3) is 0.667. The normalized spacial score (nSPS) is 17.1. The number of nitrogens with one attached hydrogen (secondary N) is 1. The summed E-state index contributed by atoms with van der Waals surface area (Å²) in [5.74, 6) is 0. The third-order valence-corrected chi connectivity index (χ3v) is 4.96. The fourth-order valence-electron chi connectivity index (χ4n) is 1.49. The number of thiophene rings is 1. The van der Waals surface area contributed by atoms with E-state index < -0.39 is 0 Å². The van der Waals surface area contributed by atoms with Crippen LogP contribution in [0.15, 0.2) is 15.9 Å². The number of hydrogen-bond acceptors (Lipinski definition) is 3. The summed E-state index contributed by atoms with van der Waals surface area (Å²) < 4.78 is 1.14. The third kappa shape index (κ3) is 3.84. The zero-order valence-corrected chi connectivity index (χ0v) is 12.5. The molecule has 1 heterocycles. The van der Waals surface area contributed by atoms with E-state index in [9.17, 15) is 5.11 Å². The number of hydrogen-bond donors (Lipinski definition) is 2. The molecule has 0 bridgehead atoms. The molecule has 0 aliphatic carbocycles. The highest BCUT2D eigenvalue weighted by Crippen LogP contribution is 2.25. The standard InChI is InChI=1S/C12H20BrNOS/c1-4-12(3,9(2)15)8-14-6-11-5-10(13)7-16-11/h5,7,9,14-15H,4,6,8H2,1-3H3. The molecular weight excluding hydrogens is 286 g/mol. The van der Waals surface area contributed by atoms with Crippen molar-refractivity contribution in [3.63, 3.8) is 0 Å². The lowest BCUT2D eigenvalue weighted by atomic mass is 9.82. The van der Waals surface area contributed by atoms with Crippen molar-refractivity contribution in [1.82, 2.24) is 5.32 Å². The Kier molecular flexibility index (Phi) is 5.44. The molecule has 0 fully saturated rings. The SMILES string of the molecule is CCC(C)(CNCc1cc(Br)cs1)C(C)O.